The van der Waals surface area contributed by atoms with Crippen LogP contribution in [-0.4, -0.2) is 0 Å². The molecule has 0 bridgehead atoms. The normalized spacial score (nSPS) is 13.4. The maximum atomic E-state index is 2.24. The Balaban J connectivity index is 3.89. The van der Waals surface area contributed by atoms with Gasteiger partial charge in [-0.3, -0.25) is 0 Å². The molecule has 0 fully saturated rings. The molecule has 0 saturated carbocycles. The lowest BCUT2D eigenvalue weighted by molar-refractivity contribution is 0.945. The molecule has 0 heterocycles. The van der Waals surface area contributed by atoms with Crippen molar-refractivity contribution < 1.29 is 0 Å². The van der Waals surface area contributed by atoms with E-state index in [0.717, 1.165) is 0 Å². The van der Waals surface area contributed by atoms with E-state index >= 15 is 0 Å². The maximum Gasteiger partial charge on any atom is -0.00813 e. The summed E-state index contributed by atoms with van der Waals surface area (Å²) in [6, 6.07) is 0. The Hall–Kier alpha value is 0.180. The van der Waals surface area contributed by atoms with Gasteiger partial charge in [0.05, 0.1) is 0 Å². The quantitative estimate of drug-likeness (QED) is 0.509. The zero-order chi connectivity index (χ0) is 10.8. The third-order valence-electron chi connectivity index (χ3n) is 1.89. The highest BCUT2D eigenvalue weighted by Gasteiger charge is 2.00. The molecule has 0 atom stereocenters. The van der Waals surface area contributed by atoms with Crippen LogP contribution in [-0.2, 0) is 0 Å². The summed E-state index contributed by atoms with van der Waals surface area (Å²) in [4.78, 5) is 3.01. The molecule has 0 spiro atoms. The number of hydrogen-bond acceptors (Lipinski definition) is 2. The Kier molecular flexibility index (Phi) is 9.85. The van der Waals surface area contributed by atoms with Crippen molar-refractivity contribution in [1.82, 2.24) is 0 Å². The Morgan fingerprint density at radius 2 is 1.21 bits per heavy atom. The molecule has 0 amide bonds. The molecule has 0 aliphatic heterocycles. The summed E-state index contributed by atoms with van der Waals surface area (Å²) in [5.74, 6) is 0. The lowest BCUT2D eigenvalue weighted by Gasteiger charge is -2.06. The van der Waals surface area contributed by atoms with Crippen LogP contribution in [0.5, 0.6) is 0 Å². The first-order valence-electron chi connectivity index (χ1n) is 5.43. The van der Waals surface area contributed by atoms with Crippen molar-refractivity contribution in [2.45, 2.75) is 53.4 Å². The third-order valence-corrected chi connectivity index (χ3v) is 4.82. The second-order valence-electron chi connectivity index (χ2n) is 3.18. The average Bonchev–Trinajstić information content (AvgIpc) is 2.22. The predicted octanol–water partition coefficient (Wildman–Crippen LogP) is 5.78. The summed E-state index contributed by atoms with van der Waals surface area (Å²) in [6.45, 7) is 8.73. The molecule has 0 aromatic heterocycles. The van der Waals surface area contributed by atoms with E-state index in [9.17, 15) is 0 Å². The molecule has 0 nitrogen and oxygen atoms in total. The van der Waals surface area contributed by atoms with Crippen LogP contribution in [0.1, 0.15) is 53.4 Å². The summed E-state index contributed by atoms with van der Waals surface area (Å²) < 4.78 is 0. The van der Waals surface area contributed by atoms with Crippen LogP contribution >= 0.6 is 21.6 Å². The SMILES string of the molecule is C/C=C(/CCC)SS/C(=C\C)CCC. The topological polar surface area (TPSA) is 0 Å². The second kappa shape index (κ2) is 9.72. The van der Waals surface area contributed by atoms with E-state index in [2.05, 4.69) is 39.8 Å². The molecule has 0 radical (unpaired) electrons. The molecule has 82 valence electrons. The molecule has 14 heavy (non-hydrogen) atoms. The summed E-state index contributed by atoms with van der Waals surface area (Å²) in [6.07, 6.45) is 9.40. The van der Waals surface area contributed by atoms with Crippen molar-refractivity contribution in [2.24, 2.45) is 0 Å². The number of hydrogen-bond donors (Lipinski definition) is 0. The van der Waals surface area contributed by atoms with Gasteiger partial charge in [-0.05, 0) is 36.5 Å². The van der Waals surface area contributed by atoms with Crippen molar-refractivity contribution >= 4 is 21.6 Å². The highest BCUT2D eigenvalue weighted by atomic mass is 33.1. The lowest BCUT2D eigenvalue weighted by Crippen LogP contribution is -1.76. The fraction of sp³-hybridized carbons (Fsp3) is 0.667. The molecule has 0 N–H and O–H groups in total. The fourth-order valence-electron chi connectivity index (χ4n) is 1.07. The van der Waals surface area contributed by atoms with Gasteiger partial charge in [0, 0.05) is 0 Å². The van der Waals surface area contributed by atoms with Gasteiger partial charge in [0.15, 0.2) is 0 Å². The van der Waals surface area contributed by atoms with Crippen LogP contribution < -0.4 is 0 Å². The van der Waals surface area contributed by atoms with Crippen molar-refractivity contribution in [3.8, 4) is 0 Å². The summed E-state index contributed by atoms with van der Waals surface area (Å²) in [5.41, 5.74) is 0. The Morgan fingerprint density at radius 3 is 1.43 bits per heavy atom. The molecule has 0 saturated heterocycles. The average molecular weight is 230 g/mol. The summed E-state index contributed by atoms with van der Waals surface area (Å²) in [7, 11) is 3.86. The Bertz CT molecular complexity index is 170. The summed E-state index contributed by atoms with van der Waals surface area (Å²) >= 11 is 0. The molecule has 0 aliphatic rings. The third kappa shape index (κ3) is 6.61. The number of rotatable bonds is 7. The molecule has 0 aromatic rings. The van der Waals surface area contributed by atoms with Gasteiger partial charge in [-0.1, -0.05) is 60.4 Å². The molecule has 0 aliphatic carbocycles. The predicted molar refractivity (Wildman–Crippen MR) is 72.5 cm³/mol. The van der Waals surface area contributed by atoms with Gasteiger partial charge in [-0.2, -0.15) is 0 Å². The van der Waals surface area contributed by atoms with Gasteiger partial charge in [-0.25, -0.2) is 0 Å². The number of allylic oxidation sites excluding steroid dienone is 4. The molecule has 0 rings (SSSR count). The highest BCUT2D eigenvalue weighted by Crippen LogP contribution is 2.39. The standard InChI is InChI=1S/C12H22S2/c1-5-9-11(7-3)13-14-12(8-4)10-6-2/h7-8H,5-6,9-10H2,1-4H3/b11-7-,12-8-. The first-order chi connectivity index (χ1) is 6.78. The maximum absolute atomic E-state index is 2.24. The summed E-state index contributed by atoms with van der Waals surface area (Å²) in [5, 5.41) is 0. The van der Waals surface area contributed by atoms with E-state index in [1.807, 2.05) is 21.6 Å². The van der Waals surface area contributed by atoms with Gasteiger partial charge >= 0.3 is 0 Å². The van der Waals surface area contributed by atoms with E-state index < -0.39 is 0 Å². The zero-order valence-electron chi connectivity index (χ0n) is 9.80. The van der Waals surface area contributed by atoms with Crippen molar-refractivity contribution in [2.75, 3.05) is 0 Å². The minimum Gasteiger partial charge on any atom is -0.0772 e. The van der Waals surface area contributed by atoms with Crippen molar-refractivity contribution in [3.05, 3.63) is 22.0 Å². The Morgan fingerprint density at radius 1 is 0.857 bits per heavy atom. The van der Waals surface area contributed by atoms with Crippen molar-refractivity contribution in [3.63, 3.8) is 0 Å². The van der Waals surface area contributed by atoms with Crippen LogP contribution in [0, 0.1) is 0 Å². The van der Waals surface area contributed by atoms with Crippen molar-refractivity contribution in [1.29, 1.82) is 0 Å². The monoisotopic (exact) mass is 230 g/mol. The fourth-order valence-corrected chi connectivity index (χ4v) is 3.77. The van der Waals surface area contributed by atoms with Crippen LogP contribution in [0.3, 0.4) is 0 Å². The van der Waals surface area contributed by atoms with E-state index in [-0.39, 0.29) is 0 Å². The van der Waals surface area contributed by atoms with E-state index in [4.69, 9.17) is 0 Å². The van der Waals surface area contributed by atoms with Gasteiger partial charge in [0.25, 0.3) is 0 Å². The largest absolute Gasteiger partial charge is 0.0772 e. The highest BCUT2D eigenvalue weighted by molar-refractivity contribution is 8.79. The van der Waals surface area contributed by atoms with Crippen LogP contribution in [0.4, 0.5) is 0 Å². The molecule has 0 aromatic carbocycles. The van der Waals surface area contributed by atoms with Gasteiger partial charge in [0.1, 0.15) is 0 Å². The minimum atomic E-state index is 1.22. The zero-order valence-corrected chi connectivity index (χ0v) is 11.4. The molecule has 2 heteroatoms. The van der Waals surface area contributed by atoms with Crippen LogP contribution in [0.2, 0.25) is 0 Å². The molecular weight excluding hydrogens is 208 g/mol. The second-order valence-corrected chi connectivity index (χ2v) is 5.56. The first-order valence-corrected chi connectivity index (χ1v) is 7.58. The van der Waals surface area contributed by atoms with Gasteiger partial charge in [0.2, 0.25) is 0 Å². The smallest absolute Gasteiger partial charge is 0.00813 e. The lowest BCUT2D eigenvalue weighted by atomic mass is 10.3. The van der Waals surface area contributed by atoms with E-state index in [1.54, 1.807) is 0 Å². The first kappa shape index (κ1) is 14.2. The Labute approximate surface area is 97.0 Å². The minimum absolute atomic E-state index is 1.22. The molecular formula is C12H22S2. The van der Waals surface area contributed by atoms with E-state index in [1.165, 1.54) is 35.5 Å². The van der Waals surface area contributed by atoms with Gasteiger partial charge in [-0.15, -0.1) is 0 Å². The van der Waals surface area contributed by atoms with Gasteiger partial charge < -0.3 is 0 Å². The van der Waals surface area contributed by atoms with Crippen LogP contribution in [0.25, 0.3) is 0 Å². The molecule has 0 unspecified atom stereocenters. The van der Waals surface area contributed by atoms with Crippen LogP contribution in [0.15, 0.2) is 22.0 Å². The van der Waals surface area contributed by atoms with E-state index in [0.29, 0.717) is 0 Å².